The summed E-state index contributed by atoms with van der Waals surface area (Å²) in [5.41, 5.74) is 4.29. The number of aromatic nitrogens is 2. The molecule has 3 nitrogen and oxygen atoms in total. The molecular formula is C13H16N3Pt-. The van der Waals surface area contributed by atoms with Gasteiger partial charge >= 0.3 is 0 Å². The van der Waals surface area contributed by atoms with E-state index in [0.29, 0.717) is 0 Å². The molecule has 0 aliphatic heterocycles. The molecule has 17 heavy (non-hydrogen) atoms. The van der Waals surface area contributed by atoms with E-state index in [2.05, 4.69) is 28.2 Å². The quantitative estimate of drug-likeness (QED) is 0.711. The van der Waals surface area contributed by atoms with Gasteiger partial charge in [-0.3, -0.25) is 4.68 Å². The summed E-state index contributed by atoms with van der Waals surface area (Å²) in [6.07, 6.45) is 0. The monoisotopic (exact) mass is 409 g/mol. The van der Waals surface area contributed by atoms with Crippen LogP contribution in [0.5, 0.6) is 0 Å². The van der Waals surface area contributed by atoms with E-state index in [1.165, 1.54) is 0 Å². The van der Waals surface area contributed by atoms with Crippen LogP contribution >= 0.6 is 0 Å². The van der Waals surface area contributed by atoms with Crippen LogP contribution in [0.4, 0.5) is 5.69 Å². The average Bonchev–Trinajstić information content (AvgIpc) is 2.58. The van der Waals surface area contributed by atoms with E-state index >= 15 is 0 Å². The molecule has 2 aromatic rings. The fourth-order valence-electron chi connectivity index (χ4n) is 1.69. The molecule has 94 valence electrons. The van der Waals surface area contributed by atoms with Crippen molar-refractivity contribution in [2.24, 2.45) is 0 Å². The third kappa shape index (κ3) is 2.98. The van der Waals surface area contributed by atoms with Crippen molar-refractivity contribution in [1.82, 2.24) is 9.78 Å². The summed E-state index contributed by atoms with van der Waals surface area (Å²) in [4.78, 5) is 2.06. The first kappa shape index (κ1) is 14.0. The molecule has 0 fully saturated rings. The standard InChI is InChI=1S/C13H16N3.Pt/c1-10-9-11(2)16(14-10)13-7-5-12(6-8-13)15(3)4;/h5-7,9H,1-4H3;/q-1;. The summed E-state index contributed by atoms with van der Waals surface area (Å²) >= 11 is 0. The van der Waals surface area contributed by atoms with Gasteiger partial charge in [-0.25, -0.2) is 0 Å². The Morgan fingerprint density at radius 2 is 1.94 bits per heavy atom. The van der Waals surface area contributed by atoms with Gasteiger partial charge in [0.2, 0.25) is 0 Å². The summed E-state index contributed by atoms with van der Waals surface area (Å²) in [6.45, 7) is 4.05. The molecule has 0 N–H and O–H groups in total. The second-order valence-corrected chi connectivity index (χ2v) is 4.17. The minimum absolute atomic E-state index is 0. The second kappa shape index (κ2) is 5.50. The Kier molecular flexibility index (Phi) is 4.53. The molecule has 2 rings (SSSR count). The number of hydrogen-bond donors (Lipinski definition) is 0. The van der Waals surface area contributed by atoms with Gasteiger partial charge in [0.25, 0.3) is 0 Å². The number of rotatable bonds is 2. The molecule has 0 radical (unpaired) electrons. The number of hydrogen-bond acceptors (Lipinski definition) is 2. The van der Waals surface area contributed by atoms with Crippen LogP contribution in [0.2, 0.25) is 0 Å². The minimum Gasteiger partial charge on any atom is -0.429 e. The first-order valence-corrected chi connectivity index (χ1v) is 5.30. The molecule has 1 heterocycles. The summed E-state index contributed by atoms with van der Waals surface area (Å²) in [7, 11) is 4.04. The molecule has 0 spiro atoms. The van der Waals surface area contributed by atoms with Gasteiger partial charge in [0.05, 0.1) is 5.69 Å². The molecule has 4 heteroatoms. The van der Waals surface area contributed by atoms with E-state index in [1.54, 1.807) is 0 Å². The number of benzene rings is 1. The third-order valence-electron chi connectivity index (χ3n) is 2.53. The molecule has 1 aromatic carbocycles. The smallest absolute Gasteiger partial charge is 0.0600 e. The Hall–Kier alpha value is -1.08. The minimum atomic E-state index is 0. The van der Waals surface area contributed by atoms with E-state index in [9.17, 15) is 0 Å². The number of nitrogens with zero attached hydrogens (tertiary/aromatic N) is 3. The molecule has 0 saturated heterocycles. The van der Waals surface area contributed by atoms with Crippen LogP contribution in [0.1, 0.15) is 11.4 Å². The predicted octanol–water partition coefficient (Wildman–Crippen LogP) is 2.35. The van der Waals surface area contributed by atoms with Crippen LogP contribution in [0.25, 0.3) is 5.69 Å². The molecule has 0 atom stereocenters. The van der Waals surface area contributed by atoms with Crippen LogP contribution < -0.4 is 4.90 Å². The summed E-state index contributed by atoms with van der Waals surface area (Å²) in [5.74, 6) is 0. The molecule has 0 bridgehead atoms. The van der Waals surface area contributed by atoms with Gasteiger partial charge in [0.15, 0.2) is 0 Å². The fourth-order valence-corrected chi connectivity index (χ4v) is 1.69. The zero-order chi connectivity index (χ0) is 11.7. The van der Waals surface area contributed by atoms with Crippen molar-refractivity contribution in [2.75, 3.05) is 19.0 Å². The van der Waals surface area contributed by atoms with Gasteiger partial charge in [-0.15, -0.1) is 12.1 Å². The van der Waals surface area contributed by atoms with Gasteiger partial charge in [-0.05, 0) is 39.7 Å². The Morgan fingerprint density at radius 3 is 2.35 bits per heavy atom. The largest absolute Gasteiger partial charge is 0.429 e. The van der Waals surface area contributed by atoms with Crippen LogP contribution in [0, 0.1) is 19.9 Å². The van der Waals surface area contributed by atoms with Crippen molar-refractivity contribution in [3.8, 4) is 5.69 Å². The van der Waals surface area contributed by atoms with Gasteiger partial charge in [-0.1, -0.05) is 5.69 Å². The van der Waals surface area contributed by atoms with Crippen molar-refractivity contribution in [2.45, 2.75) is 13.8 Å². The van der Waals surface area contributed by atoms with E-state index in [-0.39, 0.29) is 21.1 Å². The second-order valence-electron chi connectivity index (χ2n) is 4.17. The molecule has 0 saturated carbocycles. The zero-order valence-electron chi connectivity index (χ0n) is 10.5. The molecule has 0 amide bonds. The SMILES string of the molecule is Cc1cc(C)n(-c2[c-]cc(N(C)C)cc2)n1.[Pt]. The molecule has 0 unspecified atom stereocenters. The number of anilines is 1. The van der Waals surface area contributed by atoms with Crippen molar-refractivity contribution >= 4 is 5.69 Å². The van der Waals surface area contributed by atoms with E-state index in [0.717, 1.165) is 22.8 Å². The summed E-state index contributed by atoms with van der Waals surface area (Å²) in [6, 6.07) is 11.4. The van der Waals surface area contributed by atoms with Gasteiger partial charge in [-0.2, -0.15) is 17.2 Å². The van der Waals surface area contributed by atoms with Crippen molar-refractivity contribution in [1.29, 1.82) is 0 Å². The van der Waals surface area contributed by atoms with E-state index in [4.69, 9.17) is 0 Å². The maximum atomic E-state index is 4.43. The van der Waals surface area contributed by atoms with Crippen LogP contribution in [-0.4, -0.2) is 23.9 Å². The fraction of sp³-hybridized carbons (Fsp3) is 0.308. The Labute approximate surface area is 117 Å². The maximum absolute atomic E-state index is 4.43. The topological polar surface area (TPSA) is 21.1 Å². The normalized spacial score (nSPS) is 9.88. The first-order chi connectivity index (χ1) is 7.58. The number of aryl methyl sites for hydroxylation is 2. The Morgan fingerprint density at radius 1 is 1.24 bits per heavy atom. The summed E-state index contributed by atoms with van der Waals surface area (Å²) in [5, 5.41) is 4.43. The van der Waals surface area contributed by atoms with Crippen molar-refractivity contribution < 1.29 is 21.1 Å². The summed E-state index contributed by atoms with van der Waals surface area (Å²) < 4.78 is 1.91. The zero-order valence-corrected chi connectivity index (χ0v) is 12.7. The van der Waals surface area contributed by atoms with Crippen LogP contribution in [0.15, 0.2) is 24.3 Å². The van der Waals surface area contributed by atoms with Crippen molar-refractivity contribution in [3.05, 3.63) is 41.7 Å². The van der Waals surface area contributed by atoms with E-state index < -0.39 is 0 Å². The molecule has 0 aliphatic rings. The Bertz CT molecular complexity index is 486. The maximum Gasteiger partial charge on any atom is 0.0600 e. The molecule has 0 aliphatic carbocycles. The molecular weight excluding hydrogens is 393 g/mol. The van der Waals surface area contributed by atoms with E-state index in [1.807, 2.05) is 44.8 Å². The molecule has 1 aromatic heterocycles. The first-order valence-electron chi connectivity index (χ1n) is 5.30. The van der Waals surface area contributed by atoms with Crippen LogP contribution in [-0.2, 0) is 21.1 Å². The third-order valence-corrected chi connectivity index (χ3v) is 2.53. The van der Waals surface area contributed by atoms with Gasteiger partial charge in [0.1, 0.15) is 0 Å². The Balaban J connectivity index is 0.00000144. The predicted molar refractivity (Wildman–Crippen MR) is 66.2 cm³/mol. The van der Waals surface area contributed by atoms with Gasteiger partial charge in [0, 0.05) is 26.8 Å². The van der Waals surface area contributed by atoms with Gasteiger partial charge < -0.3 is 4.90 Å². The van der Waals surface area contributed by atoms with Crippen LogP contribution in [0.3, 0.4) is 0 Å². The average molecular weight is 409 g/mol. The van der Waals surface area contributed by atoms with Crippen molar-refractivity contribution in [3.63, 3.8) is 0 Å².